The van der Waals surface area contributed by atoms with Gasteiger partial charge < -0.3 is 68.0 Å². The number of carbonyl (C=O) groups excluding carboxylic acids is 2. The predicted octanol–water partition coefficient (Wildman–Crippen LogP) is 4.28. The summed E-state index contributed by atoms with van der Waals surface area (Å²) in [5.74, 6) is -2.55. The largest absolute Gasteiger partial charge is 0.462 e. The van der Waals surface area contributed by atoms with E-state index in [0.29, 0.717) is 25.7 Å². The van der Waals surface area contributed by atoms with Crippen molar-refractivity contribution >= 4 is 11.8 Å². The molecular formula is C46H81NO15. The summed E-state index contributed by atoms with van der Waals surface area (Å²) in [6.07, 6.45) is -3.44. The van der Waals surface area contributed by atoms with Gasteiger partial charge in [0.25, 0.3) is 0 Å². The van der Waals surface area contributed by atoms with Crippen LogP contribution in [0.1, 0.15) is 108 Å². The molecular weight excluding hydrogens is 806 g/mol. The van der Waals surface area contributed by atoms with E-state index in [1.165, 1.54) is 6.92 Å². The van der Waals surface area contributed by atoms with Gasteiger partial charge in [-0.2, -0.15) is 0 Å². The molecule has 0 amide bonds. The lowest BCUT2D eigenvalue weighted by Gasteiger charge is -2.48. The van der Waals surface area contributed by atoms with Crippen molar-refractivity contribution in [2.45, 2.75) is 200 Å². The molecule has 2 fully saturated rings. The van der Waals surface area contributed by atoms with Gasteiger partial charge in [0.05, 0.1) is 55.2 Å². The molecule has 0 bridgehead atoms. The quantitative estimate of drug-likeness (QED) is 0.126. The number of ketones is 1. The zero-order valence-corrected chi connectivity index (χ0v) is 39.8. The van der Waals surface area contributed by atoms with Gasteiger partial charge in [-0.15, -0.1) is 0 Å². The third-order valence-corrected chi connectivity index (χ3v) is 12.4. The smallest absolute Gasteiger partial charge is 0.308 e. The molecule has 4 N–H and O–H groups in total. The Morgan fingerprint density at radius 2 is 1.61 bits per heavy atom. The average Bonchev–Trinajstić information content (AvgIpc) is 3.18. The molecule has 3 heterocycles. The van der Waals surface area contributed by atoms with Crippen molar-refractivity contribution in [1.82, 2.24) is 4.90 Å². The highest BCUT2D eigenvalue weighted by molar-refractivity contribution is 5.91. The number of ether oxygens (including phenoxy) is 9. The van der Waals surface area contributed by atoms with E-state index in [1.807, 2.05) is 40.7 Å². The molecule has 360 valence electrons. The Kier molecular flexibility index (Phi) is 22.1. The summed E-state index contributed by atoms with van der Waals surface area (Å²) in [6, 6.07) is -0.702. The molecule has 16 heteroatoms. The Bertz CT molecular complexity index is 1420. The van der Waals surface area contributed by atoms with Crippen molar-refractivity contribution < 1.29 is 72.6 Å². The minimum atomic E-state index is -1.28. The van der Waals surface area contributed by atoms with Gasteiger partial charge in [0, 0.05) is 44.8 Å². The minimum absolute atomic E-state index is 0.0314. The van der Waals surface area contributed by atoms with E-state index in [2.05, 4.69) is 0 Å². The number of hydrogen-bond acceptors (Lipinski definition) is 16. The molecule has 0 spiro atoms. The van der Waals surface area contributed by atoms with Crippen molar-refractivity contribution in [3.63, 3.8) is 0 Å². The summed E-state index contributed by atoms with van der Waals surface area (Å²) in [5.41, 5.74) is -0.417. The van der Waals surface area contributed by atoms with Gasteiger partial charge in [0.15, 0.2) is 30.9 Å². The van der Waals surface area contributed by atoms with Crippen LogP contribution in [0.15, 0.2) is 23.8 Å². The highest BCUT2D eigenvalue weighted by Crippen LogP contribution is 2.36. The monoisotopic (exact) mass is 888 g/mol. The minimum Gasteiger partial charge on any atom is -0.462 e. The Morgan fingerprint density at radius 3 is 2.18 bits per heavy atom. The number of esters is 1. The van der Waals surface area contributed by atoms with Crippen molar-refractivity contribution in [2.75, 3.05) is 34.9 Å². The number of aliphatic hydroxyl groups is 4. The van der Waals surface area contributed by atoms with Crippen molar-refractivity contribution in [2.24, 2.45) is 23.7 Å². The van der Waals surface area contributed by atoms with Crippen LogP contribution in [0, 0.1) is 23.7 Å². The number of allylic oxidation sites excluding steroid dienone is 3. The van der Waals surface area contributed by atoms with Crippen molar-refractivity contribution in [3.05, 3.63) is 23.8 Å². The standard InChI is InChI=1S/C46H81NO15/c1-15-31-20-26(4)33(49)18-17-25(3)19-32(24-56-45-43(55-14)36(54-13)21-27(5)57-45)35(16-2)60-37(51)22-34(50)28(6)41(31)62-44-40(52)39(47(11)12)42(29(7)58-44)61-38(59-30(8)48)23-46(9,10)53/h17-19,26-32,34-36,38-45,48,50,52-53H,15-16,20-24H2,1-14H3/b18-17+,25-19+. The Balaban J connectivity index is 1.94. The first-order valence-corrected chi connectivity index (χ1v) is 22.5. The number of rotatable bonds is 16. The normalized spacial score (nSPS) is 39.8. The van der Waals surface area contributed by atoms with Crippen LogP contribution in [0.25, 0.3) is 0 Å². The lowest BCUT2D eigenvalue weighted by atomic mass is 9.80. The molecule has 2 saturated heterocycles. The highest BCUT2D eigenvalue weighted by atomic mass is 16.7. The van der Waals surface area contributed by atoms with E-state index < -0.39 is 103 Å². The fourth-order valence-electron chi connectivity index (χ4n) is 8.89. The third kappa shape index (κ3) is 15.9. The first-order chi connectivity index (χ1) is 29.0. The van der Waals surface area contributed by atoms with E-state index in [9.17, 15) is 30.0 Å². The molecule has 3 rings (SSSR count). The number of methoxy groups -OCH3 is 2. The lowest BCUT2D eigenvalue weighted by molar-refractivity contribution is -0.335. The zero-order valence-electron chi connectivity index (χ0n) is 39.8. The second-order valence-corrected chi connectivity index (χ2v) is 18.6. The fraction of sp³-hybridized carbons (Fsp3) is 0.870. The van der Waals surface area contributed by atoms with E-state index in [0.717, 1.165) is 5.57 Å². The summed E-state index contributed by atoms with van der Waals surface area (Å²) in [4.78, 5) is 29.3. The maximum Gasteiger partial charge on any atom is 0.308 e. The summed E-state index contributed by atoms with van der Waals surface area (Å²) < 4.78 is 55.0. The highest BCUT2D eigenvalue weighted by Gasteiger charge is 2.49. The Hall–Kier alpha value is -1.90. The van der Waals surface area contributed by atoms with Crippen LogP contribution in [-0.2, 0) is 52.2 Å². The lowest BCUT2D eigenvalue weighted by Crippen LogP contribution is -2.64. The third-order valence-electron chi connectivity index (χ3n) is 12.4. The molecule has 0 radical (unpaired) electrons. The van der Waals surface area contributed by atoms with Gasteiger partial charge in [-0.25, -0.2) is 0 Å². The number of nitrogens with zero attached hydrogens (tertiary/aromatic N) is 1. The summed E-state index contributed by atoms with van der Waals surface area (Å²) in [5, 5.41) is 44.4. The van der Waals surface area contributed by atoms with Gasteiger partial charge >= 0.3 is 5.97 Å². The topological polar surface area (TPSA) is 201 Å². The van der Waals surface area contributed by atoms with Crippen LogP contribution in [0.3, 0.4) is 0 Å². The number of hydrogen-bond donors (Lipinski definition) is 4. The van der Waals surface area contributed by atoms with Gasteiger partial charge in [-0.05, 0) is 80.5 Å². The van der Waals surface area contributed by atoms with Crippen molar-refractivity contribution in [1.29, 1.82) is 0 Å². The Labute approximate surface area is 370 Å². The maximum absolute atomic E-state index is 13.8. The number of carbonyl (C=O) groups is 2. The van der Waals surface area contributed by atoms with Crippen LogP contribution in [-0.4, -0.2) is 164 Å². The van der Waals surface area contributed by atoms with Crippen LogP contribution in [0.5, 0.6) is 0 Å². The zero-order chi connectivity index (χ0) is 46.6. The van der Waals surface area contributed by atoms with Crippen LogP contribution >= 0.6 is 0 Å². The molecule has 3 aliphatic heterocycles. The number of cyclic esters (lactones) is 1. The SMILES string of the molecule is CCC1CC(C)C(=O)/C=C/C(C)=C/C(COC2OC(C)CC(OC)C2OC)C(CC)OC(=O)CC(O)C(C)C1OC1OC(C)C(OC(CC(C)(C)O)OC(C)O)C(N(C)C)C1O. The number of aliphatic hydroxyl groups excluding tert-OH is 3. The van der Waals surface area contributed by atoms with Crippen LogP contribution < -0.4 is 0 Å². The molecule has 16 nitrogen and oxygen atoms in total. The maximum atomic E-state index is 13.8. The van der Waals surface area contributed by atoms with Gasteiger partial charge in [0.2, 0.25) is 0 Å². The predicted molar refractivity (Wildman–Crippen MR) is 230 cm³/mol. The van der Waals surface area contributed by atoms with E-state index in [4.69, 9.17) is 42.6 Å². The molecule has 18 atom stereocenters. The summed E-state index contributed by atoms with van der Waals surface area (Å²) in [7, 11) is 6.78. The second-order valence-electron chi connectivity index (χ2n) is 18.6. The molecule has 18 unspecified atom stereocenters. The van der Waals surface area contributed by atoms with Crippen molar-refractivity contribution in [3.8, 4) is 0 Å². The van der Waals surface area contributed by atoms with Gasteiger partial charge in [0.1, 0.15) is 24.4 Å². The van der Waals surface area contributed by atoms with E-state index in [1.54, 1.807) is 73.1 Å². The Morgan fingerprint density at radius 1 is 0.935 bits per heavy atom. The second kappa shape index (κ2) is 25.1. The molecule has 0 saturated carbocycles. The fourth-order valence-corrected chi connectivity index (χ4v) is 8.89. The average molecular weight is 888 g/mol. The molecule has 0 aromatic carbocycles. The van der Waals surface area contributed by atoms with Gasteiger partial charge in [-0.1, -0.05) is 51.8 Å². The molecule has 3 aliphatic rings. The first-order valence-electron chi connectivity index (χ1n) is 22.5. The summed E-state index contributed by atoms with van der Waals surface area (Å²) in [6.45, 7) is 17.9. The van der Waals surface area contributed by atoms with E-state index >= 15 is 0 Å². The van der Waals surface area contributed by atoms with Crippen LogP contribution in [0.2, 0.25) is 0 Å². The molecule has 62 heavy (non-hydrogen) atoms. The molecule has 0 aliphatic carbocycles. The van der Waals surface area contributed by atoms with Crippen LogP contribution in [0.4, 0.5) is 0 Å². The van der Waals surface area contributed by atoms with Gasteiger partial charge in [-0.3, -0.25) is 9.59 Å². The number of likely N-dealkylation sites (N-methyl/N-ethyl adjacent to an activating group) is 1. The van der Waals surface area contributed by atoms with E-state index in [-0.39, 0.29) is 43.4 Å². The molecule has 0 aromatic rings. The molecule has 0 aromatic heterocycles. The summed E-state index contributed by atoms with van der Waals surface area (Å²) >= 11 is 0. The first kappa shape index (κ1) is 54.4.